The van der Waals surface area contributed by atoms with Crippen molar-refractivity contribution in [3.05, 3.63) is 84.2 Å². The third-order valence-electron chi connectivity index (χ3n) is 4.88. The monoisotopic (exact) mass is 466 g/mol. The molecule has 2 aromatic carbocycles. The van der Waals surface area contributed by atoms with E-state index in [-0.39, 0.29) is 12.5 Å². The zero-order valence-corrected chi connectivity index (χ0v) is 19.2. The summed E-state index contributed by atoms with van der Waals surface area (Å²) in [5, 5.41) is 6.22. The molecule has 0 saturated carbocycles. The summed E-state index contributed by atoms with van der Waals surface area (Å²) in [6.07, 6.45) is 3.29. The van der Waals surface area contributed by atoms with Gasteiger partial charge in [0.1, 0.15) is 23.9 Å². The number of nitrogens with zero attached hydrogens (tertiary/aromatic N) is 2. The van der Waals surface area contributed by atoms with E-state index in [4.69, 9.17) is 9.47 Å². The van der Waals surface area contributed by atoms with Gasteiger partial charge in [0, 0.05) is 36.1 Å². The highest BCUT2D eigenvalue weighted by atomic mass is 16.5. The second kappa shape index (κ2) is 10.9. The maximum absolute atomic E-state index is 12.5. The number of anilines is 2. The topological polar surface area (TPSA) is 102 Å². The van der Waals surface area contributed by atoms with Crippen LogP contribution in [0.15, 0.2) is 73.1 Å². The maximum atomic E-state index is 12.5. The number of hydrogen-bond acceptors (Lipinski definition) is 6. The molecule has 2 amide bonds. The Morgan fingerprint density at radius 2 is 1.74 bits per heavy atom. The third-order valence-corrected chi connectivity index (χ3v) is 4.88. The molecule has 0 bridgehead atoms. The molecule has 8 nitrogen and oxygen atoms in total. The lowest BCUT2D eigenvalue weighted by molar-refractivity contribution is -0.111. The van der Waals surface area contributed by atoms with Crippen LogP contribution >= 0.6 is 0 Å². The van der Waals surface area contributed by atoms with Gasteiger partial charge in [0.15, 0.2) is 0 Å². The molecule has 0 spiro atoms. The van der Waals surface area contributed by atoms with Crippen LogP contribution in [0.3, 0.4) is 0 Å². The Kier molecular flexibility index (Phi) is 7.31. The van der Waals surface area contributed by atoms with Gasteiger partial charge in [-0.15, -0.1) is 0 Å². The molecule has 2 aromatic heterocycles. The molecule has 0 fully saturated rings. The van der Waals surface area contributed by atoms with E-state index >= 15 is 0 Å². The summed E-state index contributed by atoms with van der Waals surface area (Å²) in [4.78, 5) is 33.0. The van der Waals surface area contributed by atoms with E-state index in [9.17, 15) is 9.59 Å². The van der Waals surface area contributed by atoms with E-state index in [2.05, 4.69) is 32.4 Å². The second-order valence-corrected chi connectivity index (χ2v) is 7.53. The molecule has 2 heterocycles. The number of hydrogen-bond donors (Lipinski definition) is 2. The molecule has 4 aromatic rings. The zero-order chi connectivity index (χ0) is 24.6. The fraction of sp³-hybridized carbons (Fsp3) is 0.111. The van der Waals surface area contributed by atoms with Gasteiger partial charge in [-0.05, 0) is 79.1 Å². The van der Waals surface area contributed by atoms with Crippen LogP contribution < -0.4 is 15.4 Å². The number of pyridine rings is 2. The molecule has 0 atom stereocenters. The molecule has 0 aliphatic heterocycles. The molecular weight excluding hydrogens is 444 g/mol. The van der Waals surface area contributed by atoms with E-state index in [1.54, 1.807) is 67.0 Å². The average Bonchev–Trinajstić information content (AvgIpc) is 2.85. The Morgan fingerprint density at radius 1 is 0.943 bits per heavy atom. The highest BCUT2D eigenvalue weighted by Crippen LogP contribution is 2.31. The lowest BCUT2D eigenvalue weighted by atomic mass is 10.1. The molecule has 0 aliphatic carbocycles. The van der Waals surface area contributed by atoms with Gasteiger partial charge in [-0.3, -0.25) is 14.6 Å². The van der Waals surface area contributed by atoms with Crippen LogP contribution in [0.5, 0.6) is 11.5 Å². The van der Waals surface area contributed by atoms with Crippen LogP contribution in [0.25, 0.3) is 10.9 Å². The normalized spacial score (nSPS) is 10.2. The number of methoxy groups -OCH3 is 1. The van der Waals surface area contributed by atoms with Gasteiger partial charge in [-0.1, -0.05) is 5.92 Å². The lowest BCUT2D eigenvalue weighted by Crippen LogP contribution is -2.12. The number of fused-ring (bicyclic) bond motifs is 1. The first-order chi connectivity index (χ1) is 17.0. The van der Waals surface area contributed by atoms with Gasteiger partial charge >= 0.3 is 0 Å². The van der Waals surface area contributed by atoms with Gasteiger partial charge in [0.2, 0.25) is 0 Å². The summed E-state index contributed by atoms with van der Waals surface area (Å²) in [6, 6.07) is 17.5. The van der Waals surface area contributed by atoms with Crippen molar-refractivity contribution >= 4 is 34.2 Å². The minimum atomic E-state index is -0.442. The number of carbonyl (C=O) groups excluding carboxylic acids is 2. The number of rotatable bonds is 6. The fourth-order valence-corrected chi connectivity index (χ4v) is 3.23. The molecule has 174 valence electrons. The van der Waals surface area contributed by atoms with Crippen molar-refractivity contribution in [1.82, 2.24) is 9.97 Å². The Labute approximate surface area is 202 Å². The first-order valence-corrected chi connectivity index (χ1v) is 10.7. The van der Waals surface area contributed by atoms with Crippen LogP contribution in [0.1, 0.15) is 15.9 Å². The Bertz CT molecular complexity index is 1440. The quantitative estimate of drug-likeness (QED) is 0.404. The fourth-order valence-electron chi connectivity index (χ4n) is 3.23. The summed E-state index contributed by atoms with van der Waals surface area (Å²) < 4.78 is 10.9. The minimum Gasteiger partial charge on any atom is -0.457 e. The number of ether oxygens (including phenoxy) is 2. The minimum absolute atomic E-state index is 0.177. The number of amides is 2. The average molecular weight is 466 g/mol. The number of nitrogens with one attached hydrogen (secondary N) is 2. The summed E-state index contributed by atoms with van der Waals surface area (Å²) in [5.74, 6) is 5.95. The summed E-state index contributed by atoms with van der Waals surface area (Å²) in [7, 11) is 1.51. The molecule has 0 saturated heterocycles. The number of aromatic nitrogens is 2. The first kappa shape index (κ1) is 23.4. The summed E-state index contributed by atoms with van der Waals surface area (Å²) in [6.45, 7) is 2.11. The maximum Gasteiger partial charge on any atom is 0.300 e. The van der Waals surface area contributed by atoms with Crippen molar-refractivity contribution in [3.63, 3.8) is 0 Å². The van der Waals surface area contributed by atoms with Gasteiger partial charge in [-0.25, -0.2) is 4.98 Å². The van der Waals surface area contributed by atoms with Gasteiger partial charge in [-0.2, -0.15) is 0 Å². The van der Waals surface area contributed by atoms with Crippen molar-refractivity contribution in [3.8, 4) is 23.3 Å². The van der Waals surface area contributed by atoms with E-state index < -0.39 is 5.91 Å². The van der Waals surface area contributed by atoms with E-state index in [1.807, 2.05) is 13.0 Å². The second-order valence-electron chi connectivity index (χ2n) is 7.53. The van der Waals surface area contributed by atoms with E-state index in [0.29, 0.717) is 39.5 Å². The molecular formula is C27H22N4O4. The van der Waals surface area contributed by atoms with Crippen LogP contribution in [0.4, 0.5) is 11.5 Å². The largest absolute Gasteiger partial charge is 0.457 e. The van der Waals surface area contributed by atoms with Crippen molar-refractivity contribution in [2.45, 2.75) is 6.92 Å². The smallest absolute Gasteiger partial charge is 0.300 e. The van der Waals surface area contributed by atoms with E-state index in [1.165, 1.54) is 7.11 Å². The number of benzene rings is 2. The van der Waals surface area contributed by atoms with Gasteiger partial charge < -0.3 is 20.1 Å². The Morgan fingerprint density at radius 3 is 2.51 bits per heavy atom. The molecule has 0 unspecified atom stereocenters. The Hall–Kier alpha value is -4.74. The molecule has 2 N–H and O–H groups in total. The summed E-state index contributed by atoms with van der Waals surface area (Å²) >= 11 is 0. The SMILES string of the molecule is COCC#CC(=O)Nc1ccc2nccc(Oc3ccc(C(=O)Nc4cc(C)ccn4)cc3)c2c1. The predicted octanol–water partition coefficient (Wildman–Crippen LogP) is 4.57. The Balaban J connectivity index is 1.49. The molecule has 0 radical (unpaired) electrons. The van der Waals surface area contributed by atoms with E-state index in [0.717, 1.165) is 5.56 Å². The summed E-state index contributed by atoms with van der Waals surface area (Å²) in [5.41, 5.74) is 2.74. The molecule has 0 aliphatic rings. The number of carbonyl (C=O) groups is 2. The van der Waals surface area contributed by atoms with Crippen LogP contribution in [0, 0.1) is 18.8 Å². The standard InChI is InChI=1S/C27H22N4O4/c1-18-11-13-29-25(16-18)31-27(33)19-5-8-21(9-6-19)35-24-12-14-28-23-10-7-20(17-22(23)24)30-26(32)4-3-15-34-2/h5-14,16-17H,15H2,1-2H3,(H,30,32)(H,29,31,33). The molecule has 4 rings (SSSR count). The number of aryl methyl sites for hydroxylation is 1. The molecule has 8 heteroatoms. The first-order valence-electron chi connectivity index (χ1n) is 10.7. The lowest BCUT2D eigenvalue weighted by Gasteiger charge is -2.11. The van der Waals surface area contributed by atoms with Crippen molar-refractivity contribution < 1.29 is 19.1 Å². The van der Waals surface area contributed by atoms with Gasteiger partial charge in [0.05, 0.1) is 5.52 Å². The third kappa shape index (κ3) is 6.19. The predicted molar refractivity (Wildman–Crippen MR) is 133 cm³/mol. The van der Waals surface area contributed by atoms with Crippen molar-refractivity contribution in [2.75, 3.05) is 24.4 Å². The van der Waals surface area contributed by atoms with Crippen molar-refractivity contribution in [1.29, 1.82) is 0 Å². The van der Waals surface area contributed by atoms with Crippen LogP contribution in [-0.2, 0) is 9.53 Å². The van der Waals surface area contributed by atoms with Crippen molar-refractivity contribution in [2.24, 2.45) is 0 Å². The highest BCUT2D eigenvalue weighted by Gasteiger charge is 2.10. The zero-order valence-electron chi connectivity index (χ0n) is 19.2. The van der Waals surface area contributed by atoms with Gasteiger partial charge in [0.25, 0.3) is 11.8 Å². The highest BCUT2D eigenvalue weighted by molar-refractivity contribution is 6.05. The van der Waals surface area contributed by atoms with Crippen LogP contribution in [-0.4, -0.2) is 35.5 Å². The van der Waals surface area contributed by atoms with Crippen LogP contribution in [0.2, 0.25) is 0 Å². The molecule has 35 heavy (non-hydrogen) atoms.